The molecule has 3 N–H and O–H groups in total. The number of aromatic nitrogens is 1. The molecule has 1 aromatic heterocycles. The Morgan fingerprint density at radius 1 is 1.38 bits per heavy atom. The lowest BCUT2D eigenvalue weighted by Gasteiger charge is -2.12. The van der Waals surface area contributed by atoms with Crippen LogP contribution in [0.25, 0.3) is 10.9 Å². The summed E-state index contributed by atoms with van der Waals surface area (Å²) in [4.78, 5) is 20.9. The maximum absolute atomic E-state index is 12.3. The number of H-pyrrole nitrogens is 1. The normalized spacial score (nSPS) is 23.3. The predicted octanol–water partition coefficient (Wildman–Crippen LogP) is 1.92. The van der Waals surface area contributed by atoms with E-state index in [1.54, 1.807) is 0 Å². The fraction of sp³-hybridized carbons (Fsp3) is 0.389. The highest BCUT2D eigenvalue weighted by Crippen LogP contribution is 2.22. The lowest BCUT2D eigenvalue weighted by atomic mass is 9.99. The maximum Gasteiger partial charge on any atom is 0.288 e. The highest BCUT2D eigenvalue weighted by atomic mass is 16.7. The van der Waals surface area contributed by atoms with Crippen LogP contribution in [0.3, 0.4) is 0 Å². The number of amides is 1. The summed E-state index contributed by atoms with van der Waals surface area (Å²) in [5, 5.41) is 4.06. The smallest absolute Gasteiger partial charge is 0.288 e. The number of aryl methyl sites for hydroxylation is 1. The monoisotopic (exact) mass is 327 g/mol. The van der Waals surface area contributed by atoms with E-state index in [-0.39, 0.29) is 11.9 Å². The van der Waals surface area contributed by atoms with Crippen LogP contribution in [0.2, 0.25) is 0 Å². The number of hydrogen-bond acceptors (Lipinski definition) is 4. The van der Waals surface area contributed by atoms with Gasteiger partial charge in [-0.05, 0) is 48.6 Å². The van der Waals surface area contributed by atoms with Gasteiger partial charge in [-0.1, -0.05) is 6.07 Å². The van der Waals surface area contributed by atoms with Gasteiger partial charge in [-0.15, -0.1) is 5.48 Å². The van der Waals surface area contributed by atoms with Gasteiger partial charge >= 0.3 is 0 Å². The van der Waals surface area contributed by atoms with Gasteiger partial charge in [0.2, 0.25) is 5.76 Å². The summed E-state index contributed by atoms with van der Waals surface area (Å²) in [5.41, 5.74) is 6.21. The first kappa shape index (κ1) is 15.2. The Morgan fingerprint density at radius 3 is 3.12 bits per heavy atom. The van der Waals surface area contributed by atoms with E-state index in [0.717, 1.165) is 35.2 Å². The lowest BCUT2D eigenvalue weighted by molar-refractivity contribution is -0.121. The second-order valence-electron chi connectivity index (χ2n) is 6.46. The minimum absolute atomic E-state index is 0.0485. The SMILES string of the molecule is Cc1cc2cc(CNC(=O)C3=CC(C4CCOC4)NO3)ccc2[nH]1. The Kier molecular flexibility index (Phi) is 4.00. The lowest BCUT2D eigenvalue weighted by Crippen LogP contribution is -2.30. The predicted molar refractivity (Wildman–Crippen MR) is 89.9 cm³/mol. The summed E-state index contributed by atoms with van der Waals surface area (Å²) in [6, 6.07) is 8.28. The number of ether oxygens (including phenoxy) is 1. The maximum atomic E-state index is 12.3. The summed E-state index contributed by atoms with van der Waals surface area (Å²) >= 11 is 0. The largest absolute Gasteiger partial charge is 0.403 e. The zero-order chi connectivity index (χ0) is 16.5. The molecule has 2 unspecified atom stereocenters. The highest BCUT2D eigenvalue weighted by molar-refractivity contribution is 5.91. The van der Waals surface area contributed by atoms with Gasteiger partial charge in [0.15, 0.2) is 0 Å². The van der Waals surface area contributed by atoms with Gasteiger partial charge in [-0.25, -0.2) is 0 Å². The van der Waals surface area contributed by atoms with Gasteiger partial charge in [-0.2, -0.15) is 0 Å². The van der Waals surface area contributed by atoms with Crippen LogP contribution in [0, 0.1) is 12.8 Å². The van der Waals surface area contributed by atoms with Crippen molar-refractivity contribution in [2.75, 3.05) is 13.2 Å². The Balaban J connectivity index is 1.37. The van der Waals surface area contributed by atoms with Gasteiger partial charge in [0, 0.05) is 30.3 Å². The Hall–Kier alpha value is -2.31. The second kappa shape index (κ2) is 6.30. The molecule has 2 atom stereocenters. The van der Waals surface area contributed by atoms with Crippen LogP contribution in [0.4, 0.5) is 0 Å². The zero-order valence-corrected chi connectivity index (χ0v) is 13.6. The number of benzene rings is 1. The van der Waals surface area contributed by atoms with Gasteiger partial charge < -0.3 is 19.9 Å². The molecule has 0 aliphatic carbocycles. The molecule has 0 spiro atoms. The van der Waals surface area contributed by atoms with Crippen LogP contribution < -0.4 is 10.8 Å². The van der Waals surface area contributed by atoms with E-state index < -0.39 is 0 Å². The molecule has 0 saturated carbocycles. The standard InChI is InChI=1S/C18H21N3O3/c1-11-6-14-7-12(2-3-15(14)20-11)9-19-18(22)17-8-16(21-24-17)13-4-5-23-10-13/h2-3,6-8,13,16,20-21H,4-5,9-10H2,1H3,(H,19,22). The van der Waals surface area contributed by atoms with E-state index in [1.807, 2.05) is 25.1 Å². The summed E-state index contributed by atoms with van der Waals surface area (Å²) in [7, 11) is 0. The Labute approximate surface area is 140 Å². The average molecular weight is 327 g/mol. The number of nitrogens with one attached hydrogen (secondary N) is 3. The minimum atomic E-state index is -0.200. The fourth-order valence-corrected chi connectivity index (χ4v) is 3.26. The van der Waals surface area contributed by atoms with E-state index in [4.69, 9.17) is 9.57 Å². The van der Waals surface area contributed by atoms with Crippen molar-refractivity contribution in [1.82, 2.24) is 15.8 Å². The molecule has 2 aliphatic rings. The average Bonchev–Trinajstić information content (AvgIpc) is 3.30. The molecule has 2 aromatic rings. The first-order valence-electron chi connectivity index (χ1n) is 8.27. The van der Waals surface area contributed by atoms with Gasteiger partial charge in [-0.3, -0.25) is 4.79 Å². The van der Waals surface area contributed by atoms with Gasteiger partial charge in [0.1, 0.15) is 0 Å². The van der Waals surface area contributed by atoms with Crippen molar-refractivity contribution in [3.05, 3.63) is 47.4 Å². The van der Waals surface area contributed by atoms with Gasteiger partial charge in [0.25, 0.3) is 5.91 Å². The van der Waals surface area contributed by atoms with E-state index in [1.165, 1.54) is 0 Å². The second-order valence-corrected chi connectivity index (χ2v) is 6.46. The molecule has 24 heavy (non-hydrogen) atoms. The molecule has 0 radical (unpaired) electrons. The van der Waals surface area contributed by atoms with Crippen LogP contribution in [0.1, 0.15) is 17.7 Å². The third kappa shape index (κ3) is 3.02. The number of carbonyl (C=O) groups is 1. The Morgan fingerprint density at radius 2 is 2.29 bits per heavy atom. The fourth-order valence-electron chi connectivity index (χ4n) is 3.26. The van der Waals surface area contributed by atoms with Crippen molar-refractivity contribution in [2.24, 2.45) is 5.92 Å². The van der Waals surface area contributed by atoms with Crippen LogP contribution in [0.15, 0.2) is 36.1 Å². The number of hydroxylamine groups is 1. The van der Waals surface area contributed by atoms with E-state index in [2.05, 4.69) is 27.9 Å². The summed E-state index contributed by atoms with van der Waals surface area (Å²) in [6.45, 7) is 3.99. The number of rotatable bonds is 4. The van der Waals surface area contributed by atoms with Gasteiger partial charge in [0.05, 0.1) is 12.6 Å². The molecule has 6 heteroatoms. The molecule has 0 bridgehead atoms. The third-order valence-corrected chi connectivity index (χ3v) is 4.61. The van der Waals surface area contributed by atoms with E-state index in [9.17, 15) is 4.79 Å². The topological polar surface area (TPSA) is 75.4 Å². The quantitative estimate of drug-likeness (QED) is 0.802. The van der Waals surface area contributed by atoms with Crippen LogP contribution in [-0.4, -0.2) is 30.1 Å². The van der Waals surface area contributed by atoms with E-state index >= 15 is 0 Å². The molecule has 4 rings (SSSR count). The minimum Gasteiger partial charge on any atom is -0.403 e. The Bertz CT molecular complexity index is 790. The summed E-state index contributed by atoms with van der Waals surface area (Å²) in [5.74, 6) is 0.509. The van der Waals surface area contributed by atoms with Crippen molar-refractivity contribution in [3.8, 4) is 0 Å². The van der Waals surface area contributed by atoms with Crippen molar-refractivity contribution < 1.29 is 14.4 Å². The molecular formula is C18H21N3O3. The van der Waals surface area contributed by atoms with Crippen molar-refractivity contribution in [2.45, 2.75) is 25.9 Å². The molecule has 1 aromatic carbocycles. The summed E-state index contributed by atoms with van der Waals surface area (Å²) in [6.07, 6.45) is 2.84. The molecule has 6 nitrogen and oxygen atoms in total. The molecule has 1 fully saturated rings. The third-order valence-electron chi connectivity index (χ3n) is 4.61. The van der Waals surface area contributed by atoms with Crippen LogP contribution in [-0.2, 0) is 20.9 Å². The van der Waals surface area contributed by atoms with Crippen LogP contribution in [0.5, 0.6) is 0 Å². The first-order chi connectivity index (χ1) is 11.7. The molecule has 1 amide bonds. The molecule has 126 valence electrons. The van der Waals surface area contributed by atoms with Crippen LogP contribution >= 0.6 is 0 Å². The highest BCUT2D eigenvalue weighted by Gasteiger charge is 2.31. The zero-order valence-electron chi connectivity index (χ0n) is 13.6. The number of hydrogen-bond donors (Lipinski definition) is 3. The van der Waals surface area contributed by atoms with E-state index in [0.29, 0.717) is 24.8 Å². The molecule has 2 aliphatic heterocycles. The number of carbonyl (C=O) groups excluding carboxylic acids is 1. The summed E-state index contributed by atoms with van der Waals surface area (Å²) < 4.78 is 5.38. The number of aromatic amines is 1. The number of fused-ring (bicyclic) bond motifs is 1. The molecule has 3 heterocycles. The first-order valence-corrected chi connectivity index (χ1v) is 8.27. The molecule has 1 saturated heterocycles. The van der Waals surface area contributed by atoms with Crippen molar-refractivity contribution >= 4 is 16.8 Å². The molecular weight excluding hydrogens is 306 g/mol. The van der Waals surface area contributed by atoms with Crippen molar-refractivity contribution in [3.63, 3.8) is 0 Å². The van der Waals surface area contributed by atoms with Crippen molar-refractivity contribution in [1.29, 1.82) is 0 Å².